The van der Waals surface area contributed by atoms with Crippen LogP contribution in [-0.4, -0.2) is 0 Å². The van der Waals surface area contributed by atoms with E-state index in [1.54, 1.807) is 0 Å². The van der Waals surface area contributed by atoms with Crippen molar-refractivity contribution >= 4 is 0 Å². The molecular weight excluding hydrogens is 252 g/mol. The highest BCUT2D eigenvalue weighted by Crippen LogP contribution is 2.42. The molecule has 0 radical (unpaired) electrons. The van der Waals surface area contributed by atoms with Crippen molar-refractivity contribution in [2.75, 3.05) is 0 Å². The van der Waals surface area contributed by atoms with Crippen LogP contribution in [0.2, 0.25) is 0 Å². The van der Waals surface area contributed by atoms with Gasteiger partial charge in [-0.15, -0.1) is 6.42 Å². The molecule has 0 aliphatic heterocycles. The predicted octanol–water partition coefficient (Wildman–Crippen LogP) is 6.37. The molecule has 2 fully saturated rings. The van der Waals surface area contributed by atoms with Crippen LogP contribution in [0.15, 0.2) is 12.2 Å². The molecular formula is C21H34. The molecule has 0 nitrogen and oxygen atoms in total. The second kappa shape index (κ2) is 9.34. The third-order valence-corrected chi connectivity index (χ3v) is 6.06. The zero-order chi connectivity index (χ0) is 14.9. The topological polar surface area (TPSA) is 0 Å². The molecule has 2 aliphatic rings. The molecule has 2 rings (SSSR count). The lowest BCUT2D eigenvalue weighted by molar-refractivity contribution is 0.151. The van der Waals surface area contributed by atoms with Gasteiger partial charge in [-0.05, 0) is 68.3 Å². The summed E-state index contributed by atoms with van der Waals surface area (Å²) in [6, 6.07) is 0. The average molecular weight is 287 g/mol. The fraction of sp³-hybridized carbons (Fsp3) is 0.810. The average Bonchev–Trinajstić information content (AvgIpc) is 2.54. The quantitative estimate of drug-likeness (QED) is 0.393. The Morgan fingerprint density at radius 1 is 0.905 bits per heavy atom. The Hall–Kier alpha value is -0.700. The van der Waals surface area contributed by atoms with Crippen LogP contribution in [0.3, 0.4) is 0 Å². The Morgan fingerprint density at radius 3 is 2.10 bits per heavy atom. The lowest BCUT2D eigenvalue weighted by Crippen LogP contribution is -2.25. The Balaban J connectivity index is 1.65. The van der Waals surface area contributed by atoms with Crippen molar-refractivity contribution in [2.45, 2.75) is 84.0 Å². The number of unbranched alkanes of at least 4 members (excludes halogenated alkanes) is 2. The van der Waals surface area contributed by atoms with Crippen LogP contribution in [0.25, 0.3) is 0 Å². The Morgan fingerprint density at radius 2 is 1.52 bits per heavy atom. The lowest BCUT2D eigenvalue weighted by atomic mass is 9.68. The summed E-state index contributed by atoms with van der Waals surface area (Å²) >= 11 is 0. The third kappa shape index (κ3) is 5.54. The van der Waals surface area contributed by atoms with Gasteiger partial charge in [0.2, 0.25) is 0 Å². The highest BCUT2D eigenvalue weighted by atomic mass is 14.4. The van der Waals surface area contributed by atoms with Gasteiger partial charge in [0.15, 0.2) is 0 Å². The summed E-state index contributed by atoms with van der Waals surface area (Å²) in [5.41, 5.74) is 0. The van der Waals surface area contributed by atoms with Crippen molar-refractivity contribution in [2.24, 2.45) is 23.7 Å². The van der Waals surface area contributed by atoms with Crippen LogP contribution < -0.4 is 0 Å². The van der Waals surface area contributed by atoms with E-state index in [9.17, 15) is 0 Å². The van der Waals surface area contributed by atoms with E-state index >= 15 is 0 Å². The van der Waals surface area contributed by atoms with Crippen LogP contribution in [0.4, 0.5) is 0 Å². The molecule has 0 heteroatoms. The van der Waals surface area contributed by atoms with Crippen LogP contribution in [0.1, 0.15) is 84.0 Å². The molecule has 2 aliphatic carbocycles. The fourth-order valence-corrected chi connectivity index (χ4v) is 4.63. The summed E-state index contributed by atoms with van der Waals surface area (Å²) < 4.78 is 0. The maximum atomic E-state index is 5.31. The van der Waals surface area contributed by atoms with E-state index < -0.39 is 0 Å². The molecule has 0 unspecified atom stereocenters. The minimum atomic E-state index is 0.766. The SMILES string of the molecule is C#C/C=C/C1CCC(C2CCC(CCCCC)CC2)CC1. The van der Waals surface area contributed by atoms with Crippen molar-refractivity contribution in [3.63, 3.8) is 0 Å². The van der Waals surface area contributed by atoms with Crippen molar-refractivity contribution in [3.05, 3.63) is 12.2 Å². The Labute approximate surface area is 132 Å². The molecule has 0 amide bonds. The fourth-order valence-electron chi connectivity index (χ4n) is 4.63. The van der Waals surface area contributed by atoms with Crippen molar-refractivity contribution in [1.82, 2.24) is 0 Å². The van der Waals surface area contributed by atoms with Gasteiger partial charge >= 0.3 is 0 Å². The zero-order valence-electron chi connectivity index (χ0n) is 14.0. The van der Waals surface area contributed by atoms with E-state index in [0.29, 0.717) is 0 Å². The van der Waals surface area contributed by atoms with Crippen LogP contribution in [0.5, 0.6) is 0 Å². The molecule has 0 heterocycles. The predicted molar refractivity (Wildman–Crippen MR) is 93.0 cm³/mol. The third-order valence-electron chi connectivity index (χ3n) is 6.06. The van der Waals surface area contributed by atoms with E-state index in [2.05, 4.69) is 18.9 Å². The lowest BCUT2D eigenvalue weighted by Gasteiger charge is -2.37. The second-order valence-electron chi connectivity index (χ2n) is 7.48. The summed E-state index contributed by atoms with van der Waals surface area (Å²) in [6.45, 7) is 2.31. The van der Waals surface area contributed by atoms with Gasteiger partial charge < -0.3 is 0 Å². The van der Waals surface area contributed by atoms with Crippen LogP contribution in [-0.2, 0) is 0 Å². The van der Waals surface area contributed by atoms with Crippen molar-refractivity contribution in [1.29, 1.82) is 0 Å². The summed E-state index contributed by atoms with van der Waals surface area (Å²) in [5.74, 6) is 6.53. The minimum absolute atomic E-state index is 0.766. The number of terminal acetylenes is 1. The Bertz CT molecular complexity index is 330. The molecule has 0 aromatic heterocycles. The molecule has 21 heavy (non-hydrogen) atoms. The van der Waals surface area contributed by atoms with Gasteiger partial charge in [-0.3, -0.25) is 0 Å². The highest BCUT2D eigenvalue weighted by molar-refractivity contribution is 5.10. The maximum Gasteiger partial charge on any atom is -0.0159 e. The van der Waals surface area contributed by atoms with Gasteiger partial charge in [-0.25, -0.2) is 0 Å². The molecule has 0 saturated heterocycles. The van der Waals surface area contributed by atoms with E-state index in [-0.39, 0.29) is 0 Å². The first-order valence-electron chi connectivity index (χ1n) is 9.46. The van der Waals surface area contributed by atoms with Gasteiger partial charge in [-0.2, -0.15) is 0 Å². The first-order chi connectivity index (χ1) is 10.3. The van der Waals surface area contributed by atoms with Crippen LogP contribution in [0, 0.1) is 36.0 Å². The first kappa shape index (κ1) is 16.7. The van der Waals surface area contributed by atoms with Gasteiger partial charge in [0.05, 0.1) is 0 Å². The second-order valence-corrected chi connectivity index (χ2v) is 7.48. The van der Waals surface area contributed by atoms with Crippen molar-refractivity contribution in [3.8, 4) is 12.3 Å². The number of allylic oxidation sites excluding steroid dienone is 2. The van der Waals surface area contributed by atoms with Gasteiger partial charge in [0.25, 0.3) is 0 Å². The van der Waals surface area contributed by atoms with Gasteiger partial charge in [0, 0.05) is 0 Å². The van der Waals surface area contributed by atoms with E-state index in [0.717, 1.165) is 23.7 Å². The maximum absolute atomic E-state index is 5.31. The molecule has 0 aromatic rings. The zero-order valence-corrected chi connectivity index (χ0v) is 14.0. The van der Waals surface area contributed by atoms with E-state index in [1.807, 2.05) is 6.08 Å². The number of rotatable bonds is 6. The highest BCUT2D eigenvalue weighted by Gasteiger charge is 2.30. The molecule has 0 N–H and O–H groups in total. The van der Waals surface area contributed by atoms with Crippen LogP contribution >= 0.6 is 0 Å². The van der Waals surface area contributed by atoms with E-state index in [4.69, 9.17) is 6.42 Å². The standard InChI is InChI=1S/C21H34/c1-3-5-7-9-19-12-16-21(17-13-19)20-14-10-18(11-15-20)8-6-4-2/h2,6,8,18-21H,3,5,7,9-17H2,1H3/b8-6+. The summed E-state index contributed by atoms with van der Waals surface area (Å²) in [5, 5.41) is 0. The summed E-state index contributed by atoms with van der Waals surface area (Å²) in [6.07, 6.45) is 27.0. The van der Waals surface area contributed by atoms with E-state index in [1.165, 1.54) is 77.0 Å². The number of hydrogen-bond acceptors (Lipinski definition) is 0. The molecule has 2 saturated carbocycles. The smallest absolute Gasteiger partial charge is 0.0159 e. The summed E-state index contributed by atoms with van der Waals surface area (Å²) in [7, 11) is 0. The largest absolute Gasteiger partial charge is 0.115 e. The normalized spacial score (nSPS) is 33.9. The van der Waals surface area contributed by atoms with Crippen molar-refractivity contribution < 1.29 is 0 Å². The molecule has 0 atom stereocenters. The molecule has 0 aromatic carbocycles. The molecule has 118 valence electrons. The first-order valence-corrected chi connectivity index (χ1v) is 9.46. The minimum Gasteiger partial charge on any atom is -0.115 e. The monoisotopic (exact) mass is 286 g/mol. The van der Waals surface area contributed by atoms with Gasteiger partial charge in [0.1, 0.15) is 0 Å². The molecule has 0 bridgehead atoms. The summed E-state index contributed by atoms with van der Waals surface area (Å²) in [4.78, 5) is 0. The molecule has 0 spiro atoms. The number of hydrogen-bond donors (Lipinski definition) is 0. The van der Waals surface area contributed by atoms with Gasteiger partial charge in [-0.1, -0.05) is 57.4 Å². The Kier molecular flexibility index (Phi) is 7.42.